The van der Waals surface area contributed by atoms with Crippen LogP contribution in [-0.2, 0) is 6.42 Å². The molecule has 0 aliphatic carbocycles. The molecule has 0 spiro atoms. The molecule has 1 aliphatic rings. The monoisotopic (exact) mass is 394 g/mol. The molecular weight excluding hydrogens is 379 g/mol. The number of rotatable bonds is 3. The Bertz CT molecular complexity index is 1070. The minimum Gasteiger partial charge on any atom is -0.322 e. The minimum atomic E-state index is -0.550. The zero-order chi connectivity index (χ0) is 19.7. The Morgan fingerprint density at radius 2 is 1.68 bits per heavy atom. The maximum atomic E-state index is 13.2. The molecule has 0 saturated heterocycles. The molecule has 0 unspecified atom stereocenters. The van der Waals surface area contributed by atoms with Gasteiger partial charge < -0.3 is 10.2 Å². The van der Waals surface area contributed by atoms with Gasteiger partial charge in [-0.2, -0.15) is 0 Å². The van der Waals surface area contributed by atoms with Crippen molar-refractivity contribution in [1.82, 2.24) is 0 Å². The van der Waals surface area contributed by atoms with E-state index in [1.807, 2.05) is 24.3 Å². The molecule has 140 valence electrons. The molecule has 0 aromatic heterocycles. The normalized spacial score (nSPS) is 12.6. The largest absolute Gasteiger partial charge is 0.322 e. The molecule has 3 aromatic carbocycles. The molecule has 0 fully saturated rings. The van der Waals surface area contributed by atoms with Gasteiger partial charge in [0.05, 0.1) is 5.02 Å². The van der Waals surface area contributed by atoms with Crippen LogP contribution in [0.2, 0.25) is 5.02 Å². The topological polar surface area (TPSA) is 49.4 Å². The van der Waals surface area contributed by atoms with E-state index in [1.54, 1.807) is 29.2 Å². The first-order chi connectivity index (χ1) is 13.5. The molecule has 0 radical (unpaired) electrons. The van der Waals surface area contributed by atoms with Crippen LogP contribution in [0.5, 0.6) is 0 Å². The standard InChI is InChI=1S/C22H16ClFN2O2/c23-18-13-17(9-10-19(18)24)25-21(27)15-5-7-16(8-6-15)22(28)26-12-11-14-3-1-2-4-20(14)26/h1-10,13H,11-12H2,(H,25,27). The molecular formula is C22H16ClFN2O2. The molecule has 1 N–H and O–H groups in total. The fraction of sp³-hybridized carbons (Fsp3) is 0.0909. The van der Waals surface area contributed by atoms with Gasteiger partial charge in [0.25, 0.3) is 11.8 Å². The van der Waals surface area contributed by atoms with E-state index < -0.39 is 5.82 Å². The average molecular weight is 395 g/mol. The number of benzene rings is 3. The van der Waals surface area contributed by atoms with Gasteiger partial charge in [-0.1, -0.05) is 29.8 Å². The van der Waals surface area contributed by atoms with Gasteiger partial charge in [0.2, 0.25) is 0 Å². The van der Waals surface area contributed by atoms with Gasteiger partial charge in [0.15, 0.2) is 0 Å². The Morgan fingerprint density at radius 3 is 2.43 bits per heavy atom. The lowest BCUT2D eigenvalue weighted by molar-refractivity contribution is 0.0986. The summed E-state index contributed by atoms with van der Waals surface area (Å²) < 4.78 is 13.2. The molecule has 28 heavy (non-hydrogen) atoms. The maximum absolute atomic E-state index is 13.2. The van der Waals surface area contributed by atoms with Crippen molar-refractivity contribution in [3.8, 4) is 0 Å². The smallest absolute Gasteiger partial charge is 0.258 e. The van der Waals surface area contributed by atoms with Crippen molar-refractivity contribution in [2.24, 2.45) is 0 Å². The summed E-state index contributed by atoms with van der Waals surface area (Å²) in [5.41, 5.74) is 3.38. The lowest BCUT2D eigenvalue weighted by Gasteiger charge is -2.17. The Hall–Kier alpha value is -3.18. The number of hydrogen-bond acceptors (Lipinski definition) is 2. The summed E-state index contributed by atoms with van der Waals surface area (Å²) >= 11 is 5.73. The van der Waals surface area contributed by atoms with Gasteiger partial charge in [-0.15, -0.1) is 0 Å². The Morgan fingerprint density at radius 1 is 0.964 bits per heavy atom. The highest BCUT2D eigenvalue weighted by Crippen LogP contribution is 2.29. The number of para-hydroxylation sites is 1. The molecule has 4 rings (SSSR count). The Kier molecular flexibility index (Phi) is 4.84. The van der Waals surface area contributed by atoms with Crippen LogP contribution in [0.1, 0.15) is 26.3 Å². The van der Waals surface area contributed by atoms with Crippen molar-refractivity contribution in [1.29, 1.82) is 0 Å². The molecule has 0 bridgehead atoms. The van der Waals surface area contributed by atoms with Gasteiger partial charge >= 0.3 is 0 Å². The quantitative estimate of drug-likeness (QED) is 0.684. The van der Waals surface area contributed by atoms with Crippen LogP contribution in [0.3, 0.4) is 0 Å². The highest BCUT2D eigenvalue weighted by molar-refractivity contribution is 6.31. The maximum Gasteiger partial charge on any atom is 0.258 e. The lowest BCUT2D eigenvalue weighted by Crippen LogP contribution is -2.28. The van der Waals surface area contributed by atoms with Crippen LogP contribution in [0, 0.1) is 5.82 Å². The minimum absolute atomic E-state index is 0.0651. The number of hydrogen-bond donors (Lipinski definition) is 1. The van der Waals surface area contributed by atoms with E-state index in [2.05, 4.69) is 5.32 Å². The third-order valence-corrected chi connectivity index (χ3v) is 4.99. The third-order valence-electron chi connectivity index (χ3n) is 4.70. The fourth-order valence-electron chi connectivity index (χ4n) is 3.25. The first-order valence-corrected chi connectivity index (χ1v) is 9.17. The van der Waals surface area contributed by atoms with Crippen molar-refractivity contribution in [3.05, 3.63) is 94.3 Å². The Balaban J connectivity index is 1.48. The van der Waals surface area contributed by atoms with E-state index in [-0.39, 0.29) is 16.8 Å². The Labute approximate surface area is 166 Å². The lowest BCUT2D eigenvalue weighted by atomic mass is 10.1. The van der Waals surface area contributed by atoms with Crippen molar-refractivity contribution < 1.29 is 14.0 Å². The van der Waals surface area contributed by atoms with Crippen LogP contribution in [0.15, 0.2) is 66.7 Å². The number of anilines is 2. The van der Waals surface area contributed by atoms with Crippen LogP contribution in [0.4, 0.5) is 15.8 Å². The highest BCUT2D eigenvalue weighted by atomic mass is 35.5. The van der Waals surface area contributed by atoms with Crippen molar-refractivity contribution in [2.75, 3.05) is 16.8 Å². The summed E-state index contributed by atoms with van der Waals surface area (Å²) in [6.07, 6.45) is 0.836. The summed E-state index contributed by atoms with van der Waals surface area (Å²) in [5.74, 6) is -1.01. The average Bonchev–Trinajstić information content (AvgIpc) is 3.14. The number of halogens is 2. The van der Waals surface area contributed by atoms with Crippen LogP contribution >= 0.6 is 11.6 Å². The van der Waals surface area contributed by atoms with Gasteiger partial charge in [-0.3, -0.25) is 9.59 Å². The summed E-state index contributed by atoms with van der Waals surface area (Å²) in [4.78, 5) is 26.9. The molecule has 3 aromatic rings. The molecule has 0 saturated carbocycles. The zero-order valence-corrected chi connectivity index (χ0v) is 15.5. The number of nitrogens with one attached hydrogen (secondary N) is 1. The highest BCUT2D eigenvalue weighted by Gasteiger charge is 2.25. The van der Waals surface area contributed by atoms with Gasteiger partial charge in [0, 0.05) is 29.0 Å². The molecule has 2 amide bonds. The number of nitrogens with zero attached hydrogens (tertiary/aromatic N) is 1. The van der Waals surface area contributed by atoms with E-state index in [1.165, 1.54) is 18.2 Å². The fourth-order valence-corrected chi connectivity index (χ4v) is 3.43. The number of carbonyl (C=O) groups is 2. The predicted molar refractivity (Wildman–Crippen MR) is 108 cm³/mol. The van der Waals surface area contributed by atoms with Gasteiger partial charge in [0.1, 0.15) is 5.82 Å². The molecule has 6 heteroatoms. The van der Waals surface area contributed by atoms with Gasteiger partial charge in [-0.05, 0) is 60.5 Å². The molecule has 1 aliphatic heterocycles. The molecule has 1 heterocycles. The second-order valence-electron chi connectivity index (χ2n) is 6.50. The summed E-state index contributed by atoms with van der Waals surface area (Å²) in [6.45, 7) is 0.645. The van der Waals surface area contributed by atoms with Crippen LogP contribution < -0.4 is 10.2 Å². The first-order valence-electron chi connectivity index (χ1n) is 8.79. The SMILES string of the molecule is O=C(Nc1ccc(F)c(Cl)c1)c1ccc(C(=O)N2CCc3ccccc32)cc1. The molecule has 0 atom stereocenters. The second-order valence-corrected chi connectivity index (χ2v) is 6.90. The third kappa shape index (κ3) is 3.49. The van der Waals surface area contributed by atoms with Gasteiger partial charge in [-0.25, -0.2) is 4.39 Å². The van der Waals surface area contributed by atoms with Crippen molar-refractivity contribution >= 4 is 34.8 Å². The van der Waals surface area contributed by atoms with E-state index >= 15 is 0 Å². The van der Waals surface area contributed by atoms with E-state index in [0.717, 1.165) is 17.7 Å². The van der Waals surface area contributed by atoms with Crippen molar-refractivity contribution in [3.63, 3.8) is 0 Å². The van der Waals surface area contributed by atoms with E-state index in [9.17, 15) is 14.0 Å². The zero-order valence-electron chi connectivity index (χ0n) is 14.8. The van der Waals surface area contributed by atoms with Crippen LogP contribution in [-0.4, -0.2) is 18.4 Å². The predicted octanol–water partition coefficient (Wildman–Crippen LogP) is 4.93. The summed E-state index contributed by atoms with van der Waals surface area (Å²) in [7, 11) is 0. The van der Waals surface area contributed by atoms with Crippen LogP contribution in [0.25, 0.3) is 0 Å². The number of carbonyl (C=O) groups excluding carboxylic acids is 2. The van der Waals surface area contributed by atoms with E-state index in [4.69, 9.17) is 11.6 Å². The molecule has 4 nitrogen and oxygen atoms in total. The number of amides is 2. The summed E-state index contributed by atoms with van der Waals surface area (Å²) in [6, 6.07) is 18.3. The van der Waals surface area contributed by atoms with E-state index in [0.29, 0.717) is 23.4 Å². The second kappa shape index (κ2) is 7.44. The first kappa shape index (κ1) is 18.2. The summed E-state index contributed by atoms with van der Waals surface area (Å²) in [5, 5.41) is 2.59. The van der Waals surface area contributed by atoms with Crippen molar-refractivity contribution in [2.45, 2.75) is 6.42 Å². The number of fused-ring (bicyclic) bond motifs is 1.